The summed E-state index contributed by atoms with van der Waals surface area (Å²) in [6.45, 7) is 0. The Labute approximate surface area is 122 Å². The smallest absolute Gasteiger partial charge is 0.206 e. The minimum atomic E-state index is -2.90. The van der Waals surface area contributed by atoms with Gasteiger partial charge in [-0.1, -0.05) is 46.9 Å². The monoisotopic (exact) mass is 324 g/mol. The molecular weight excluding hydrogens is 319 g/mol. The highest BCUT2D eigenvalue weighted by Gasteiger charge is 2.16. The van der Waals surface area contributed by atoms with E-state index >= 15 is 0 Å². The Kier molecular flexibility index (Phi) is 4.29. The zero-order valence-corrected chi connectivity index (χ0v) is 11.5. The summed E-state index contributed by atoms with van der Waals surface area (Å²) < 4.78 is 38.5. The molecular formula is C13H6Cl3F3. The van der Waals surface area contributed by atoms with Crippen molar-refractivity contribution in [1.29, 1.82) is 0 Å². The maximum absolute atomic E-state index is 13.2. The molecule has 0 saturated carbocycles. The van der Waals surface area contributed by atoms with Gasteiger partial charge in [0.25, 0.3) is 6.43 Å². The van der Waals surface area contributed by atoms with E-state index in [0.29, 0.717) is 11.1 Å². The summed E-state index contributed by atoms with van der Waals surface area (Å²) >= 11 is 17.7. The number of hydrogen-bond donors (Lipinski definition) is 0. The molecule has 0 spiro atoms. The van der Waals surface area contributed by atoms with Crippen molar-refractivity contribution in [3.8, 4) is 11.1 Å². The van der Waals surface area contributed by atoms with Crippen LogP contribution >= 0.6 is 34.8 Å². The summed E-state index contributed by atoms with van der Waals surface area (Å²) in [5.74, 6) is -0.963. The van der Waals surface area contributed by atoms with Crippen molar-refractivity contribution >= 4 is 34.8 Å². The molecule has 2 aromatic carbocycles. The van der Waals surface area contributed by atoms with Crippen LogP contribution in [0.2, 0.25) is 15.1 Å². The van der Waals surface area contributed by atoms with Crippen LogP contribution in [0, 0.1) is 5.82 Å². The maximum atomic E-state index is 13.2. The van der Waals surface area contributed by atoms with Crippen molar-refractivity contribution in [2.75, 3.05) is 0 Å². The Bertz CT molecular complexity index is 627. The zero-order valence-electron chi connectivity index (χ0n) is 9.23. The third-order valence-corrected chi connectivity index (χ3v) is 3.87. The number of benzene rings is 2. The maximum Gasteiger partial charge on any atom is 0.266 e. The fourth-order valence-electron chi connectivity index (χ4n) is 1.63. The Morgan fingerprint density at radius 2 is 1.58 bits per heavy atom. The average Bonchev–Trinajstić information content (AvgIpc) is 2.37. The highest BCUT2D eigenvalue weighted by atomic mass is 35.5. The normalized spacial score (nSPS) is 11.1. The van der Waals surface area contributed by atoms with E-state index in [0.717, 1.165) is 12.1 Å². The van der Waals surface area contributed by atoms with Gasteiger partial charge in [0.05, 0.1) is 20.6 Å². The molecule has 0 saturated heterocycles. The molecule has 0 N–H and O–H groups in total. The lowest BCUT2D eigenvalue weighted by Crippen LogP contribution is -1.92. The van der Waals surface area contributed by atoms with Crippen LogP contribution < -0.4 is 0 Å². The second-order valence-electron chi connectivity index (χ2n) is 3.76. The van der Waals surface area contributed by atoms with Crippen molar-refractivity contribution in [2.24, 2.45) is 0 Å². The first-order chi connectivity index (χ1) is 8.91. The van der Waals surface area contributed by atoms with Gasteiger partial charge in [-0.15, -0.1) is 0 Å². The third kappa shape index (κ3) is 2.83. The molecule has 2 aromatic rings. The summed E-state index contributed by atoms with van der Waals surface area (Å²) in [4.78, 5) is 0. The molecule has 0 atom stereocenters. The largest absolute Gasteiger partial charge is 0.266 e. The SMILES string of the molecule is Fc1ccc(-c2ccc(Cl)c(Cl)c2Cl)cc1C(F)F. The van der Waals surface area contributed by atoms with Crippen molar-refractivity contribution < 1.29 is 13.2 Å². The molecule has 19 heavy (non-hydrogen) atoms. The summed E-state index contributed by atoms with van der Waals surface area (Å²) in [6, 6.07) is 6.41. The van der Waals surface area contributed by atoms with Crippen molar-refractivity contribution in [1.82, 2.24) is 0 Å². The predicted octanol–water partition coefficient (Wildman–Crippen LogP) is 6.39. The Hall–Kier alpha value is -0.900. The van der Waals surface area contributed by atoms with E-state index in [1.807, 2.05) is 0 Å². The van der Waals surface area contributed by atoms with Crippen LogP contribution in [-0.2, 0) is 0 Å². The van der Waals surface area contributed by atoms with E-state index in [2.05, 4.69) is 0 Å². The molecule has 0 nitrogen and oxygen atoms in total. The lowest BCUT2D eigenvalue weighted by atomic mass is 10.0. The Morgan fingerprint density at radius 3 is 2.21 bits per heavy atom. The molecule has 0 radical (unpaired) electrons. The van der Waals surface area contributed by atoms with Crippen LogP contribution in [0.4, 0.5) is 13.2 Å². The zero-order chi connectivity index (χ0) is 14.2. The predicted molar refractivity (Wildman–Crippen MR) is 71.8 cm³/mol. The van der Waals surface area contributed by atoms with Crippen LogP contribution in [0.3, 0.4) is 0 Å². The van der Waals surface area contributed by atoms with E-state index in [4.69, 9.17) is 34.8 Å². The fourth-order valence-corrected chi connectivity index (χ4v) is 2.27. The van der Waals surface area contributed by atoms with E-state index < -0.39 is 17.8 Å². The molecule has 0 heterocycles. The number of alkyl halides is 2. The Balaban J connectivity index is 2.60. The van der Waals surface area contributed by atoms with Crippen molar-refractivity contribution in [3.63, 3.8) is 0 Å². The van der Waals surface area contributed by atoms with E-state index in [9.17, 15) is 13.2 Å². The van der Waals surface area contributed by atoms with Gasteiger partial charge >= 0.3 is 0 Å². The molecule has 100 valence electrons. The first kappa shape index (κ1) is 14.5. The molecule has 0 aromatic heterocycles. The molecule has 6 heteroatoms. The van der Waals surface area contributed by atoms with Crippen LogP contribution in [0.25, 0.3) is 11.1 Å². The molecule has 0 aliphatic carbocycles. The summed E-state index contributed by atoms with van der Waals surface area (Å²) in [7, 11) is 0. The standard InChI is InChI=1S/C13H6Cl3F3/c14-9-3-2-7(11(15)12(9)16)6-1-4-10(17)8(5-6)13(18)19/h1-5,13H. The van der Waals surface area contributed by atoms with Crippen LogP contribution in [0.5, 0.6) is 0 Å². The van der Waals surface area contributed by atoms with Crippen molar-refractivity contribution in [2.45, 2.75) is 6.43 Å². The van der Waals surface area contributed by atoms with Crippen molar-refractivity contribution in [3.05, 3.63) is 56.8 Å². The lowest BCUT2D eigenvalue weighted by molar-refractivity contribution is 0.146. The molecule has 2 rings (SSSR count). The van der Waals surface area contributed by atoms with Crippen LogP contribution in [-0.4, -0.2) is 0 Å². The van der Waals surface area contributed by atoms with Gasteiger partial charge in [0, 0.05) is 5.56 Å². The van der Waals surface area contributed by atoms with E-state index in [1.54, 1.807) is 6.07 Å². The van der Waals surface area contributed by atoms with Gasteiger partial charge in [-0.05, 0) is 23.8 Å². The van der Waals surface area contributed by atoms with Crippen LogP contribution in [0.1, 0.15) is 12.0 Å². The van der Waals surface area contributed by atoms with Gasteiger partial charge < -0.3 is 0 Å². The summed E-state index contributed by atoms with van der Waals surface area (Å²) in [6.07, 6.45) is -2.90. The number of halogens is 6. The van der Waals surface area contributed by atoms with Crippen LogP contribution in [0.15, 0.2) is 30.3 Å². The minimum Gasteiger partial charge on any atom is -0.206 e. The highest BCUT2D eigenvalue weighted by molar-refractivity contribution is 6.49. The second-order valence-corrected chi connectivity index (χ2v) is 4.92. The van der Waals surface area contributed by atoms with Gasteiger partial charge in [-0.2, -0.15) is 0 Å². The van der Waals surface area contributed by atoms with Gasteiger partial charge in [0.1, 0.15) is 5.82 Å². The molecule has 0 fully saturated rings. The first-order valence-electron chi connectivity index (χ1n) is 5.13. The molecule has 0 unspecified atom stereocenters. The Morgan fingerprint density at radius 1 is 0.895 bits per heavy atom. The minimum absolute atomic E-state index is 0.128. The van der Waals surface area contributed by atoms with E-state index in [-0.39, 0.29) is 15.1 Å². The summed E-state index contributed by atoms with van der Waals surface area (Å²) in [5.41, 5.74) is 0.0814. The molecule has 0 aliphatic rings. The highest BCUT2D eigenvalue weighted by Crippen LogP contribution is 2.39. The van der Waals surface area contributed by atoms with Gasteiger partial charge in [-0.3, -0.25) is 0 Å². The molecule has 0 bridgehead atoms. The van der Waals surface area contributed by atoms with Gasteiger partial charge in [-0.25, -0.2) is 13.2 Å². The first-order valence-corrected chi connectivity index (χ1v) is 6.26. The second kappa shape index (κ2) is 5.61. The summed E-state index contributed by atoms with van der Waals surface area (Å²) in [5, 5.41) is 0.524. The van der Waals surface area contributed by atoms with E-state index in [1.165, 1.54) is 12.1 Å². The quantitative estimate of drug-likeness (QED) is 0.561. The number of hydrogen-bond acceptors (Lipinski definition) is 0. The molecule has 0 amide bonds. The topological polar surface area (TPSA) is 0 Å². The average molecular weight is 326 g/mol. The van der Waals surface area contributed by atoms with Gasteiger partial charge in [0.2, 0.25) is 0 Å². The number of rotatable bonds is 2. The molecule has 0 aliphatic heterocycles. The fraction of sp³-hybridized carbons (Fsp3) is 0.0769. The van der Waals surface area contributed by atoms with Gasteiger partial charge in [0.15, 0.2) is 0 Å². The third-order valence-electron chi connectivity index (χ3n) is 2.58. The lowest BCUT2D eigenvalue weighted by Gasteiger charge is -2.10.